The van der Waals surface area contributed by atoms with Crippen molar-refractivity contribution in [3.8, 4) is 0 Å². The zero-order chi connectivity index (χ0) is 9.80. The highest BCUT2D eigenvalue weighted by molar-refractivity contribution is 7.10. The van der Waals surface area contributed by atoms with Gasteiger partial charge in [0, 0.05) is 11.4 Å². The molecule has 0 amide bonds. The van der Waals surface area contributed by atoms with Crippen LogP contribution in [0.1, 0.15) is 10.4 Å². The minimum Gasteiger partial charge on any atom is -0.378 e. The molecule has 72 valence electrons. The van der Waals surface area contributed by atoms with Crippen LogP contribution in [0.4, 0.5) is 5.69 Å². The summed E-state index contributed by atoms with van der Waals surface area (Å²) in [5.41, 5.74) is 2.29. The Hall–Kier alpha value is -1.42. The van der Waals surface area contributed by atoms with Crippen LogP contribution in [0, 0.1) is 6.92 Å². The molecule has 0 radical (unpaired) electrons. The minimum atomic E-state index is 0.844. The molecule has 14 heavy (non-hydrogen) atoms. The number of nitrogens with one attached hydrogen (secondary N) is 1. The molecule has 0 spiro atoms. The Balaban J connectivity index is 1.99. The third-order valence-corrected chi connectivity index (χ3v) is 3.00. The van der Waals surface area contributed by atoms with Crippen LogP contribution in [0.25, 0.3) is 0 Å². The zero-order valence-electron chi connectivity index (χ0n) is 7.90. The maximum atomic E-state index is 3.94. The summed E-state index contributed by atoms with van der Waals surface area (Å²) < 4.78 is 0. The largest absolute Gasteiger partial charge is 0.378 e. The topological polar surface area (TPSA) is 37.8 Å². The van der Waals surface area contributed by atoms with Gasteiger partial charge in [0.05, 0.1) is 18.1 Å². The number of hydrogen-bond donors (Lipinski definition) is 1. The molecule has 2 aromatic heterocycles. The first-order valence-electron chi connectivity index (χ1n) is 4.38. The molecule has 0 aliphatic heterocycles. The molecule has 0 aliphatic rings. The molecule has 0 aromatic carbocycles. The molecule has 1 N–H and O–H groups in total. The molecule has 0 aliphatic carbocycles. The first-order valence-corrected chi connectivity index (χ1v) is 5.26. The van der Waals surface area contributed by atoms with E-state index in [4.69, 9.17) is 0 Å². The number of thiophene rings is 1. The molecular weight excluding hydrogens is 194 g/mol. The molecule has 3 nitrogen and oxygen atoms in total. The second-order valence-electron chi connectivity index (χ2n) is 3.01. The fraction of sp³-hybridized carbons (Fsp3) is 0.200. The molecule has 0 saturated heterocycles. The highest BCUT2D eigenvalue weighted by Crippen LogP contribution is 2.16. The van der Waals surface area contributed by atoms with Crippen LogP contribution in [0.5, 0.6) is 0 Å². The molecule has 0 fully saturated rings. The standard InChI is InChI=1S/C10H11N3S/c1-8-2-3-14-10(8)6-13-9-4-11-7-12-5-9/h2-5,7,13H,6H2,1H3. The molecule has 0 atom stereocenters. The lowest BCUT2D eigenvalue weighted by molar-refractivity contribution is 1.11. The van der Waals surface area contributed by atoms with Gasteiger partial charge in [-0.25, -0.2) is 9.97 Å². The van der Waals surface area contributed by atoms with E-state index < -0.39 is 0 Å². The number of rotatable bonds is 3. The van der Waals surface area contributed by atoms with Crippen molar-refractivity contribution in [1.82, 2.24) is 9.97 Å². The van der Waals surface area contributed by atoms with E-state index in [9.17, 15) is 0 Å². The van der Waals surface area contributed by atoms with Crippen LogP contribution in [0.3, 0.4) is 0 Å². The van der Waals surface area contributed by atoms with Gasteiger partial charge >= 0.3 is 0 Å². The average Bonchev–Trinajstić information content (AvgIpc) is 2.63. The number of aromatic nitrogens is 2. The van der Waals surface area contributed by atoms with E-state index >= 15 is 0 Å². The van der Waals surface area contributed by atoms with Crippen molar-refractivity contribution in [2.24, 2.45) is 0 Å². The van der Waals surface area contributed by atoms with Crippen molar-refractivity contribution in [2.45, 2.75) is 13.5 Å². The van der Waals surface area contributed by atoms with E-state index in [1.54, 1.807) is 23.7 Å². The summed E-state index contributed by atoms with van der Waals surface area (Å²) in [6.07, 6.45) is 5.08. The van der Waals surface area contributed by atoms with E-state index in [0.717, 1.165) is 12.2 Å². The van der Waals surface area contributed by atoms with E-state index in [0.29, 0.717) is 0 Å². The van der Waals surface area contributed by atoms with E-state index in [1.165, 1.54) is 16.8 Å². The van der Waals surface area contributed by atoms with Crippen LogP contribution >= 0.6 is 11.3 Å². The zero-order valence-corrected chi connectivity index (χ0v) is 8.71. The minimum absolute atomic E-state index is 0.844. The van der Waals surface area contributed by atoms with Crippen LogP contribution in [0.15, 0.2) is 30.2 Å². The summed E-state index contributed by atoms with van der Waals surface area (Å²) in [5.74, 6) is 0. The molecule has 2 aromatic rings. The fourth-order valence-corrected chi connectivity index (χ4v) is 2.00. The Morgan fingerprint density at radius 1 is 1.36 bits per heavy atom. The quantitative estimate of drug-likeness (QED) is 0.836. The van der Waals surface area contributed by atoms with Gasteiger partial charge in [-0.05, 0) is 23.9 Å². The van der Waals surface area contributed by atoms with Gasteiger partial charge in [0.1, 0.15) is 6.33 Å². The third kappa shape index (κ3) is 2.09. The highest BCUT2D eigenvalue weighted by atomic mass is 32.1. The molecule has 4 heteroatoms. The molecule has 0 unspecified atom stereocenters. The van der Waals surface area contributed by atoms with Gasteiger partial charge in [0.25, 0.3) is 0 Å². The summed E-state index contributed by atoms with van der Waals surface area (Å²) in [6.45, 7) is 2.96. The van der Waals surface area contributed by atoms with Crippen molar-refractivity contribution < 1.29 is 0 Å². The Morgan fingerprint density at radius 2 is 2.14 bits per heavy atom. The maximum absolute atomic E-state index is 3.94. The number of nitrogens with zero attached hydrogens (tertiary/aromatic N) is 2. The van der Waals surface area contributed by atoms with Gasteiger partial charge in [0.15, 0.2) is 0 Å². The monoisotopic (exact) mass is 205 g/mol. The molecule has 0 bridgehead atoms. The smallest absolute Gasteiger partial charge is 0.115 e. The molecular formula is C10H11N3S. The van der Waals surface area contributed by atoms with Crippen LogP contribution in [-0.2, 0) is 6.54 Å². The summed E-state index contributed by atoms with van der Waals surface area (Å²) >= 11 is 1.77. The highest BCUT2D eigenvalue weighted by Gasteiger charge is 1.98. The maximum Gasteiger partial charge on any atom is 0.115 e. The van der Waals surface area contributed by atoms with Crippen molar-refractivity contribution in [2.75, 3.05) is 5.32 Å². The first kappa shape index (κ1) is 9.15. The van der Waals surface area contributed by atoms with Gasteiger partial charge in [-0.2, -0.15) is 0 Å². The summed E-state index contributed by atoms with van der Waals surface area (Å²) in [5, 5.41) is 5.38. The first-order chi connectivity index (χ1) is 6.86. The SMILES string of the molecule is Cc1ccsc1CNc1cncnc1. The summed E-state index contributed by atoms with van der Waals surface area (Å²) in [7, 11) is 0. The Labute approximate surface area is 86.8 Å². The summed E-state index contributed by atoms with van der Waals surface area (Å²) in [6, 6.07) is 2.13. The second-order valence-corrected chi connectivity index (χ2v) is 4.01. The van der Waals surface area contributed by atoms with Crippen molar-refractivity contribution in [3.63, 3.8) is 0 Å². The Morgan fingerprint density at radius 3 is 2.79 bits per heavy atom. The van der Waals surface area contributed by atoms with Crippen molar-refractivity contribution in [3.05, 3.63) is 40.6 Å². The van der Waals surface area contributed by atoms with E-state index in [-0.39, 0.29) is 0 Å². The second kappa shape index (κ2) is 4.19. The Kier molecular flexibility index (Phi) is 2.74. The third-order valence-electron chi connectivity index (χ3n) is 1.98. The lowest BCUT2D eigenvalue weighted by Gasteiger charge is -2.03. The van der Waals surface area contributed by atoms with Gasteiger partial charge < -0.3 is 5.32 Å². The van der Waals surface area contributed by atoms with E-state index in [1.807, 2.05) is 0 Å². The van der Waals surface area contributed by atoms with Crippen LogP contribution < -0.4 is 5.32 Å². The fourth-order valence-electron chi connectivity index (χ4n) is 1.16. The van der Waals surface area contributed by atoms with Gasteiger partial charge in [-0.1, -0.05) is 0 Å². The van der Waals surface area contributed by atoms with Crippen molar-refractivity contribution in [1.29, 1.82) is 0 Å². The van der Waals surface area contributed by atoms with Crippen LogP contribution in [-0.4, -0.2) is 9.97 Å². The number of hydrogen-bond acceptors (Lipinski definition) is 4. The molecule has 2 heterocycles. The van der Waals surface area contributed by atoms with E-state index in [2.05, 4.69) is 33.7 Å². The number of aryl methyl sites for hydroxylation is 1. The van der Waals surface area contributed by atoms with Gasteiger partial charge in [-0.3, -0.25) is 0 Å². The van der Waals surface area contributed by atoms with Gasteiger partial charge in [0.2, 0.25) is 0 Å². The average molecular weight is 205 g/mol. The predicted molar refractivity (Wildman–Crippen MR) is 58.4 cm³/mol. The van der Waals surface area contributed by atoms with Crippen molar-refractivity contribution >= 4 is 17.0 Å². The normalized spacial score (nSPS) is 10.1. The predicted octanol–water partition coefficient (Wildman–Crippen LogP) is 2.46. The lowest BCUT2D eigenvalue weighted by Crippen LogP contribution is -1.99. The summed E-state index contributed by atoms with van der Waals surface area (Å²) in [4.78, 5) is 9.23. The molecule has 2 rings (SSSR count). The molecule has 0 saturated carbocycles. The lowest BCUT2D eigenvalue weighted by atomic mass is 10.3. The van der Waals surface area contributed by atoms with Crippen LogP contribution in [0.2, 0.25) is 0 Å². The Bertz CT molecular complexity index is 397. The number of anilines is 1. The van der Waals surface area contributed by atoms with Gasteiger partial charge in [-0.15, -0.1) is 11.3 Å².